The first kappa shape index (κ1) is 21.5. The lowest BCUT2D eigenvalue weighted by Crippen LogP contribution is -2.36. The molecule has 0 spiro atoms. The number of likely N-dealkylation sites (N-methyl/N-ethyl adjacent to an activating group) is 1. The molecule has 2 amide bonds. The van der Waals surface area contributed by atoms with Gasteiger partial charge in [-0.3, -0.25) is 14.4 Å². The molecule has 0 aliphatic heterocycles. The van der Waals surface area contributed by atoms with Crippen LogP contribution in [0.1, 0.15) is 12.8 Å². The molecule has 0 rings (SSSR count). The Labute approximate surface area is 138 Å². The topological polar surface area (TPSA) is 104 Å². The van der Waals surface area contributed by atoms with Crippen LogP contribution >= 0.6 is 35.7 Å². The van der Waals surface area contributed by atoms with Gasteiger partial charge in [0.1, 0.15) is 6.29 Å². The lowest BCUT2D eigenvalue weighted by atomic mass is 10.3. The van der Waals surface area contributed by atoms with Crippen molar-refractivity contribution in [2.45, 2.75) is 12.8 Å². The highest BCUT2D eigenvalue weighted by atomic mass is 127. The number of aliphatic carboxylic acids is 1. The number of carboxylic acid groups (broad SMARTS) is 1. The normalized spacial score (nSPS) is 9.25. The third-order valence-electron chi connectivity index (χ3n) is 2.13. The fraction of sp³-hybridized carbons (Fsp3) is 0.636. The number of thioether (sulfide) groups is 1. The molecule has 0 radical (unpaired) electrons. The van der Waals surface area contributed by atoms with Crippen LogP contribution in [0.15, 0.2) is 0 Å². The van der Waals surface area contributed by atoms with Gasteiger partial charge in [0, 0.05) is 33.0 Å². The second-order valence-corrected chi connectivity index (χ2v) is 4.74. The van der Waals surface area contributed by atoms with Gasteiger partial charge in [0.25, 0.3) is 0 Å². The number of hydrogen-bond donors (Lipinski definition) is 2. The van der Waals surface area contributed by atoms with Gasteiger partial charge < -0.3 is 20.1 Å². The number of carboxylic acids is 1. The summed E-state index contributed by atoms with van der Waals surface area (Å²) in [5, 5.41) is 11.0. The molecule has 0 saturated carbocycles. The van der Waals surface area contributed by atoms with Crippen LogP contribution in [-0.2, 0) is 19.2 Å². The molecular formula is C11H19IN2O5S. The van der Waals surface area contributed by atoms with Crippen LogP contribution in [0, 0.1) is 0 Å². The molecule has 0 fully saturated rings. The van der Waals surface area contributed by atoms with Crippen LogP contribution in [0.4, 0.5) is 0 Å². The largest absolute Gasteiger partial charge is 0.481 e. The summed E-state index contributed by atoms with van der Waals surface area (Å²) < 4.78 is 0. The number of hydrogen-bond acceptors (Lipinski definition) is 5. The zero-order valence-corrected chi connectivity index (χ0v) is 14.3. The molecule has 20 heavy (non-hydrogen) atoms. The van der Waals surface area contributed by atoms with Crippen LogP contribution in [0.2, 0.25) is 0 Å². The summed E-state index contributed by atoms with van der Waals surface area (Å²) in [6.07, 6.45) is 1.05. The smallest absolute Gasteiger partial charge is 0.313 e. The maximum Gasteiger partial charge on any atom is 0.313 e. The van der Waals surface area contributed by atoms with Gasteiger partial charge in [0.05, 0.1) is 11.5 Å². The maximum absolute atomic E-state index is 11.4. The molecule has 0 unspecified atom stereocenters. The Kier molecular flexibility index (Phi) is 14.1. The highest BCUT2D eigenvalue weighted by Crippen LogP contribution is 1.98. The monoisotopic (exact) mass is 418 g/mol. The fourth-order valence-electron chi connectivity index (χ4n) is 1.14. The maximum atomic E-state index is 11.4. The molecule has 0 atom stereocenters. The minimum Gasteiger partial charge on any atom is -0.481 e. The lowest BCUT2D eigenvalue weighted by molar-refractivity contribution is -0.134. The van der Waals surface area contributed by atoms with Crippen molar-refractivity contribution in [3.63, 3.8) is 0 Å². The van der Waals surface area contributed by atoms with Crippen LogP contribution in [0.25, 0.3) is 0 Å². The first-order valence-electron chi connectivity index (χ1n) is 5.71. The Morgan fingerprint density at radius 2 is 1.95 bits per heavy atom. The summed E-state index contributed by atoms with van der Waals surface area (Å²) in [6, 6.07) is 0. The molecule has 116 valence electrons. The van der Waals surface area contributed by atoms with E-state index in [0.717, 1.165) is 11.8 Å². The predicted molar refractivity (Wildman–Crippen MR) is 86.3 cm³/mol. The minimum atomic E-state index is -0.960. The second-order valence-electron chi connectivity index (χ2n) is 3.76. The molecular weight excluding hydrogens is 399 g/mol. The molecule has 0 heterocycles. The Hall–Kier alpha value is -0.840. The van der Waals surface area contributed by atoms with Crippen molar-refractivity contribution in [1.82, 2.24) is 10.2 Å². The van der Waals surface area contributed by atoms with E-state index in [9.17, 15) is 19.2 Å². The van der Waals surface area contributed by atoms with E-state index in [2.05, 4.69) is 5.32 Å². The van der Waals surface area contributed by atoms with E-state index in [1.54, 1.807) is 7.05 Å². The van der Waals surface area contributed by atoms with E-state index < -0.39 is 5.97 Å². The Balaban J connectivity index is 0. The quantitative estimate of drug-likeness (QED) is 0.382. The van der Waals surface area contributed by atoms with Crippen molar-refractivity contribution >= 4 is 59.8 Å². The molecule has 9 heteroatoms. The molecule has 0 aliphatic carbocycles. The van der Waals surface area contributed by atoms with Gasteiger partial charge >= 0.3 is 5.97 Å². The number of nitrogens with zero attached hydrogens (tertiary/aromatic N) is 1. The Morgan fingerprint density at radius 1 is 1.30 bits per heavy atom. The molecule has 0 aromatic carbocycles. The summed E-state index contributed by atoms with van der Waals surface area (Å²) in [7, 11) is 1.60. The van der Waals surface area contributed by atoms with Crippen molar-refractivity contribution in [3.05, 3.63) is 0 Å². The van der Waals surface area contributed by atoms with Crippen molar-refractivity contribution in [2.24, 2.45) is 0 Å². The number of aldehydes is 1. The van der Waals surface area contributed by atoms with Crippen molar-refractivity contribution in [3.8, 4) is 0 Å². The Morgan fingerprint density at radius 3 is 2.50 bits per heavy atom. The summed E-state index contributed by atoms with van der Waals surface area (Å²) in [5.41, 5.74) is 0. The number of carbonyl (C=O) groups excluding carboxylic acids is 3. The number of amides is 2. The molecule has 0 aromatic heterocycles. The van der Waals surface area contributed by atoms with Crippen LogP contribution in [0.3, 0.4) is 0 Å². The number of carbonyl (C=O) groups is 4. The van der Waals surface area contributed by atoms with E-state index in [-0.39, 0.29) is 60.1 Å². The van der Waals surface area contributed by atoms with E-state index in [1.165, 1.54) is 4.90 Å². The van der Waals surface area contributed by atoms with Crippen molar-refractivity contribution in [1.29, 1.82) is 0 Å². The van der Waals surface area contributed by atoms with E-state index in [0.29, 0.717) is 19.4 Å². The van der Waals surface area contributed by atoms with E-state index >= 15 is 0 Å². The number of halogens is 1. The van der Waals surface area contributed by atoms with Crippen LogP contribution < -0.4 is 5.32 Å². The van der Waals surface area contributed by atoms with Gasteiger partial charge in [-0.2, -0.15) is 0 Å². The van der Waals surface area contributed by atoms with Crippen LogP contribution in [0.5, 0.6) is 0 Å². The first-order valence-corrected chi connectivity index (χ1v) is 6.86. The summed E-state index contributed by atoms with van der Waals surface area (Å²) in [6.45, 7) is 0.656. The highest BCUT2D eigenvalue weighted by molar-refractivity contribution is 14.0. The first-order chi connectivity index (χ1) is 8.97. The van der Waals surface area contributed by atoms with Gasteiger partial charge in [0.2, 0.25) is 11.8 Å². The molecule has 2 N–H and O–H groups in total. The fourth-order valence-corrected chi connectivity index (χ4v) is 1.71. The third-order valence-corrected chi connectivity index (χ3v) is 3.05. The lowest BCUT2D eigenvalue weighted by Gasteiger charge is -2.16. The van der Waals surface area contributed by atoms with Gasteiger partial charge in [0.15, 0.2) is 0 Å². The standard InChI is InChI=1S/C11H18N2O5S.HI/c1-13(10(16)3-2-6-14)5-4-12-9(15)7-19-8-11(17)18;/h6H,2-5,7-8H2,1H3,(H,12,15)(H,17,18);1H. The van der Waals surface area contributed by atoms with E-state index in [1.807, 2.05) is 0 Å². The Bertz CT molecular complexity index is 341. The summed E-state index contributed by atoms with van der Waals surface area (Å²) in [4.78, 5) is 44.5. The van der Waals surface area contributed by atoms with Gasteiger partial charge in [-0.05, 0) is 0 Å². The number of rotatable bonds is 10. The van der Waals surface area contributed by atoms with Gasteiger partial charge in [-0.25, -0.2) is 0 Å². The average molecular weight is 418 g/mol. The molecule has 7 nitrogen and oxygen atoms in total. The SMILES string of the molecule is CN(CCNC(=O)CSCC(=O)O)C(=O)CCC=O.I. The molecule has 0 saturated heterocycles. The predicted octanol–water partition coefficient (Wildman–Crippen LogP) is -0.0241. The average Bonchev–Trinajstić information content (AvgIpc) is 2.35. The van der Waals surface area contributed by atoms with Crippen LogP contribution in [-0.4, -0.2) is 65.7 Å². The molecule has 0 aromatic rings. The highest BCUT2D eigenvalue weighted by Gasteiger charge is 2.08. The van der Waals surface area contributed by atoms with Gasteiger partial charge in [-0.1, -0.05) is 0 Å². The molecule has 0 aliphatic rings. The summed E-state index contributed by atoms with van der Waals surface area (Å²) in [5.74, 6) is -1.41. The third kappa shape index (κ3) is 12.2. The zero-order chi connectivity index (χ0) is 14.7. The summed E-state index contributed by atoms with van der Waals surface area (Å²) >= 11 is 1.01. The minimum absolute atomic E-state index is 0. The number of nitrogens with one attached hydrogen (secondary N) is 1. The van der Waals surface area contributed by atoms with E-state index in [4.69, 9.17) is 5.11 Å². The zero-order valence-electron chi connectivity index (χ0n) is 11.2. The van der Waals surface area contributed by atoms with Crippen molar-refractivity contribution < 1.29 is 24.3 Å². The molecule has 0 bridgehead atoms. The second kappa shape index (κ2) is 13.2. The van der Waals surface area contributed by atoms with Gasteiger partial charge in [-0.15, -0.1) is 35.7 Å². The van der Waals surface area contributed by atoms with Crippen molar-refractivity contribution in [2.75, 3.05) is 31.6 Å².